The molecule has 1 unspecified atom stereocenters. The number of fused-ring (bicyclic) bond motifs is 1. The highest BCUT2D eigenvalue weighted by Crippen LogP contribution is 2.30. The van der Waals surface area contributed by atoms with Gasteiger partial charge in [0.2, 0.25) is 5.91 Å². The molecule has 1 fully saturated rings. The molecular weight excluding hydrogens is 406 g/mol. The van der Waals surface area contributed by atoms with E-state index in [2.05, 4.69) is 16.6 Å². The summed E-state index contributed by atoms with van der Waals surface area (Å²) in [6.45, 7) is 5.54. The van der Waals surface area contributed by atoms with Crippen LogP contribution >= 0.6 is 0 Å². The maximum absolute atomic E-state index is 12.9. The van der Waals surface area contributed by atoms with Crippen molar-refractivity contribution in [2.24, 2.45) is 0 Å². The second kappa shape index (κ2) is 7.10. The average Bonchev–Trinajstić information content (AvgIpc) is 2.92. The Bertz CT molecular complexity index is 1200. The molecule has 8 nitrogen and oxygen atoms in total. The fourth-order valence-electron chi connectivity index (χ4n) is 3.55. The zero-order valence-corrected chi connectivity index (χ0v) is 17.0. The van der Waals surface area contributed by atoms with Crippen LogP contribution in [-0.4, -0.2) is 37.1 Å². The highest BCUT2D eigenvalue weighted by molar-refractivity contribution is 7.92. The number of benzene rings is 2. The fourth-order valence-corrected chi connectivity index (χ4v) is 4.60. The number of amides is 3. The molecule has 154 valence electrons. The Labute approximate surface area is 173 Å². The molecule has 2 aliphatic rings. The van der Waals surface area contributed by atoms with Gasteiger partial charge in [0, 0.05) is 11.4 Å². The van der Waals surface area contributed by atoms with Crippen molar-refractivity contribution in [3.8, 4) is 0 Å². The number of piperidine rings is 1. The number of aryl methyl sites for hydroxylation is 1. The Morgan fingerprint density at radius 2 is 1.70 bits per heavy atom. The molecule has 30 heavy (non-hydrogen) atoms. The molecule has 2 aliphatic heterocycles. The number of nitrogens with zero attached hydrogens (tertiary/aromatic N) is 1. The lowest BCUT2D eigenvalue weighted by Crippen LogP contribution is -2.51. The van der Waals surface area contributed by atoms with E-state index in [4.69, 9.17) is 0 Å². The Balaban J connectivity index is 1.61. The van der Waals surface area contributed by atoms with Crippen molar-refractivity contribution < 1.29 is 22.8 Å². The zero-order valence-electron chi connectivity index (χ0n) is 16.1. The van der Waals surface area contributed by atoms with E-state index in [1.807, 2.05) is 6.92 Å². The van der Waals surface area contributed by atoms with Crippen LogP contribution in [-0.2, 0) is 14.8 Å². The van der Waals surface area contributed by atoms with Crippen molar-refractivity contribution in [2.45, 2.75) is 30.7 Å². The van der Waals surface area contributed by atoms with Gasteiger partial charge in [0.15, 0.2) is 0 Å². The molecule has 0 bridgehead atoms. The van der Waals surface area contributed by atoms with Gasteiger partial charge in [-0.3, -0.25) is 24.0 Å². The van der Waals surface area contributed by atoms with Gasteiger partial charge in [0.25, 0.3) is 21.8 Å². The van der Waals surface area contributed by atoms with E-state index < -0.39 is 33.8 Å². The van der Waals surface area contributed by atoms with E-state index in [1.54, 1.807) is 12.1 Å². The molecule has 1 atom stereocenters. The molecule has 0 aliphatic carbocycles. The summed E-state index contributed by atoms with van der Waals surface area (Å²) in [5.74, 6) is -1.66. The van der Waals surface area contributed by atoms with E-state index in [-0.39, 0.29) is 21.7 Å². The third-order valence-electron chi connectivity index (χ3n) is 5.14. The van der Waals surface area contributed by atoms with Gasteiger partial charge in [-0.25, -0.2) is 8.42 Å². The van der Waals surface area contributed by atoms with Gasteiger partial charge in [0.05, 0.1) is 16.0 Å². The van der Waals surface area contributed by atoms with Crippen molar-refractivity contribution in [2.75, 3.05) is 4.72 Å². The van der Waals surface area contributed by atoms with Gasteiger partial charge in [-0.05, 0) is 50.1 Å². The van der Waals surface area contributed by atoms with Crippen LogP contribution in [0.25, 0.3) is 0 Å². The van der Waals surface area contributed by atoms with Gasteiger partial charge < -0.3 is 5.32 Å². The molecule has 3 amide bonds. The topological polar surface area (TPSA) is 113 Å². The average molecular weight is 425 g/mol. The van der Waals surface area contributed by atoms with Crippen molar-refractivity contribution in [1.82, 2.24) is 10.2 Å². The van der Waals surface area contributed by atoms with Crippen molar-refractivity contribution >= 4 is 33.4 Å². The van der Waals surface area contributed by atoms with Gasteiger partial charge in [-0.15, -0.1) is 0 Å². The maximum Gasteiger partial charge on any atom is 0.262 e. The summed E-state index contributed by atoms with van der Waals surface area (Å²) in [7, 11) is -3.86. The van der Waals surface area contributed by atoms with Crippen LogP contribution in [0.5, 0.6) is 0 Å². The van der Waals surface area contributed by atoms with E-state index in [0.29, 0.717) is 18.5 Å². The summed E-state index contributed by atoms with van der Waals surface area (Å²) in [5.41, 5.74) is 1.81. The zero-order chi connectivity index (χ0) is 21.6. The quantitative estimate of drug-likeness (QED) is 0.729. The first-order chi connectivity index (χ1) is 14.2. The number of allylic oxidation sites excluding steroid dienone is 1. The smallest absolute Gasteiger partial charge is 0.262 e. The monoisotopic (exact) mass is 425 g/mol. The first kappa shape index (κ1) is 19.8. The van der Waals surface area contributed by atoms with Crippen molar-refractivity contribution in [3.05, 3.63) is 71.4 Å². The maximum atomic E-state index is 12.9. The Morgan fingerprint density at radius 1 is 1.03 bits per heavy atom. The normalized spacial score (nSPS) is 19.0. The summed E-state index contributed by atoms with van der Waals surface area (Å²) in [6, 6.07) is 9.54. The number of imide groups is 1. The van der Waals surface area contributed by atoms with E-state index >= 15 is 0 Å². The molecule has 0 saturated carbocycles. The minimum absolute atomic E-state index is 0.0568. The van der Waals surface area contributed by atoms with Crippen LogP contribution < -0.4 is 10.0 Å². The lowest BCUT2D eigenvalue weighted by atomic mass is 10.0. The molecule has 1 saturated heterocycles. The third-order valence-corrected chi connectivity index (χ3v) is 6.53. The number of anilines is 1. The number of nitrogens with one attached hydrogen (secondary N) is 2. The fraction of sp³-hybridized carbons (Fsp3) is 0.190. The highest BCUT2D eigenvalue weighted by Gasteiger charge is 2.44. The van der Waals surface area contributed by atoms with Gasteiger partial charge >= 0.3 is 0 Å². The molecule has 0 aromatic heterocycles. The van der Waals surface area contributed by atoms with Gasteiger partial charge in [-0.1, -0.05) is 24.3 Å². The Morgan fingerprint density at radius 3 is 2.37 bits per heavy atom. The van der Waals surface area contributed by atoms with Gasteiger partial charge in [0.1, 0.15) is 6.04 Å². The molecule has 2 aromatic carbocycles. The molecule has 9 heteroatoms. The van der Waals surface area contributed by atoms with Crippen LogP contribution in [0.4, 0.5) is 5.69 Å². The van der Waals surface area contributed by atoms with Crippen LogP contribution in [0.15, 0.2) is 59.6 Å². The molecular formula is C21H19N3O5S. The minimum Gasteiger partial charge on any atom is -0.329 e. The van der Waals surface area contributed by atoms with Gasteiger partial charge in [-0.2, -0.15) is 0 Å². The molecule has 2 N–H and O–H groups in total. The Hall–Kier alpha value is -3.46. The van der Waals surface area contributed by atoms with Crippen LogP contribution in [0.1, 0.15) is 39.1 Å². The second-order valence-corrected chi connectivity index (χ2v) is 8.99. The largest absolute Gasteiger partial charge is 0.329 e. The lowest BCUT2D eigenvalue weighted by molar-refractivity contribution is -0.125. The number of hydrogen-bond donors (Lipinski definition) is 2. The first-order valence-corrected chi connectivity index (χ1v) is 10.8. The predicted molar refractivity (Wildman–Crippen MR) is 109 cm³/mol. The predicted octanol–water partition coefficient (Wildman–Crippen LogP) is 2.18. The lowest BCUT2D eigenvalue weighted by Gasteiger charge is -2.29. The number of sulfonamides is 1. The first-order valence-electron chi connectivity index (χ1n) is 9.27. The minimum atomic E-state index is -3.86. The standard InChI is InChI=1S/C21H19N3O5S/c1-12-3-7-15(8-4-12)30(28,29)23-14-6-9-16-17(11-14)21(27)24(20(16)26)18-10-5-13(2)22-19(18)25/h3-4,6-9,11,18,23H,2,5,10H2,1H3,(H,22,25). The van der Waals surface area contributed by atoms with Crippen molar-refractivity contribution in [1.29, 1.82) is 0 Å². The molecule has 0 spiro atoms. The summed E-state index contributed by atoms with van der Waals surface area (Å²) < 4.78 is 27.6. The number of carbonyl (C=O) groups is 3. The number of hydrogen-bond acceptors (Lipinski definition) is 5. The van der Waals surface area contributed by atoms with Crippen LogP contribution in [0.2, 0.25) is 0 Å². The second-order valence-electron chi connectivity index (χ2n) is 7.31. The van der Waals surface area contributed by atoms with Crippen LogP contribution in [0, 0.1) is 6.92 Å². The Kier molecular flexibility index (Phi) is 4.70. The molecule has 2 aromatic rings. The SMILES string of the molecule is C=C1CCC(N2C(=O)c3ccc(NS(=O)(=O)c4ccc(C)cc4)cc3C2=O)C(=O)N1. The number of rotatable bonds is 4. The summed E-state index contributed by atoms with van der Waals surface area (Å²) in [6.07, 6.45) is 0.758. The van der Waals surface area contributed by atoms with E-state index in [0.717, 1.165) is 10.5 Å². The molecule has 0 radical (unpaired) electrons. The summed E-state index contributed by atoms with van der Waals surface area (Å²) >= 11 is 0. The highest BCUT2D eigenvalue weighted by atomic mass is 32.2. The van der Waals surface area contributed by atoms with Crippen molar-refractivity contribution in [3.63, 3.8) is 0 Å². The molecule has 4 rings (SSSR count). The van der Waals surface area contributed by atoms with Crippen LogP contribution in [0.3, 0.4) is 0 Å². The summed E-state index contributed by atoms with van der Waals surface area (Å²) in [5, 5.41) is 2.57. The van der Waals surface area contributed by atoms with E-state index in [1.165, 1.54) is 30.3 Å². The molecule has 2 heterocycles. The van der Waals surface area contributed by atoms with E-state index in [9.17, 15) is 22.8 Å². The summed E-state index contributed by atoms with van der Waals surface area (Å²) in [4.78, 5) is 38.9. The number of carbonyl (C=O) groups excluding carboxylic acids is 3. The third kappa shape index (κ3) is 3.37.